The Kier molecular flexibility index (Phi) is 4.94. The second kappa shape index (κ2) is 7.19. The van der Waals surface area contributed by atoms with Crippen LogP contribution in [0, 0.1) is 10.1 Å². The highest BCUT2D eigenvalue weighted by atomic mass is 32.2. The lowest BCUT2D eigenvalue weighted by Crippen LogP contribution is -2.16. The highest BCUT2D eigenvalue weighted by Gasteiger charge is 2.22. The minimum absolute atomic E-state index is 0.0123. The average Bonchev–Trinajstić information content (AvgIpc) is 3.09. The van der Waals surface area contributed by atoms with Crippen LogP contribution >= 0.6 is 11.3 Å². The lowest BCUT2D eigenvalue weighted by atomic mass is 10.2. The monoisotopic (exact) mass is 406 g/mol. The Balaban J connectivity index is 1.90. The fourth-order valence-corrected chi connectivity index (χ4v) is 3.70. The molecule has 10 nitrogen and oxygen atoms in total. The van der Waals surface area contributed by atoms with Gasteiger partial charge in [0.25, 0.3) is 21.7 Å². The molecule has 0 atom stereocenters. The third-order valence-corrected chi connectivity index (χ3v) is 5.17. The number of aromatic nitrogens is 2. The van der Waals surface area contributed by atoms with Gasteiger partial charge in [-0.1, -0.05) is 35.6 Å². The van der Waals surface area contributed by atoms with Crippen LogP contribution in [0.5, 0.6) is 0 Å². The van der Waals surface area contributed by atoms with Crippen molar-refractivity contribution >= 4 is 38.2 Å². The Morgan fingerprint density at radius 1 is 1.11 bits per heavy atom. The summed E-state index contributed by atoms with van der Waals surface area (Å²) >= 11 is 0.883. The summed E-state index contributed by atoms with van der Waals surface area (Å²) in [5, 5.41) is 21.3. The predicted molar refractivity (Wildman–Crippen MR) is 96.2 cm³/mol. The van der Waals surface area contributed by atoms with Crippen molar-refractivity contribution in [2.24, 2.45) is 0 Å². The molecule has 1 heterocycles. The highest BCUT2D eigenvalue weighted by Crippen LogP contribution is 2.33. The number of amides is 1. The number of para-hydroxylation sites is 1. The van der Waals surface area contributed by atoms with Gasteiger partial charge in [-0.2, -0.15) is 8.42 Å². The zero-order chi connectivity index (χ0) is 19.6. The van der Waals surface area contributed by atoms with Gasteiger partial charge < -0.3 is 0 Å². The number of carbonyl (C=O) groups excluding carboxylic acids is 1. The van der Waals surface area contributed by atoms with Crippen LogP contribution in [0.1, 0.15) is 10.4 Å². The third-order valence-electron chi connectivity index (χ3n) is 3.39. The van der Waals surface area contributed by atoms with Crippen LogP contribution in [0.2, 0.25) is 0 Å². The van der Waals surface area contributed by atoms with E-state index in [9.17, 15) is 27.9 Å². The van der Waals surface area contributed by atoms with E-state index in [-0.39, 0.29) is 27.0 Å². The molecule has 0 spiro atoms. The van der Waals surface area contributed by atoms with Gasteiger partial charge in [0, 0.05) is 6.07 Å². The third kappa shape index (κ3) is 3.97. The zero-order valence-corrected chi connectivity index (χ0v) is 14.9. The van der Waals surface area contributed by atoms with Crippen molar-refractivity contribution in [1.29, 1.82) is 0 Å². The molecule has 3 rings (SSSR count). The first-order chi connectivity index (χ1) is 12.8. The van der Waals surface area contributed by atoms with E-state index in [1.54, 1.807) is 6.07 Å². The molecular formula is C15H10N4O6S2. The molecule has 1 aromatic heterocycles. The van der Waals surface area contributed by atoms with Gasteiger partial charge in [0.05, 0.1) is 16.1 Å². The van der Waals surface area contributed by atoms with Crippen molar-refractivity contribution in [2.75, 3.05) is 5.32 Å². The average molecular weight is 406 g/mol. The highest BCUT2D eigenvalue weighted by molar-refractivity contribution is 7.86. The van der Waals surface area contributed by atoms with Crippen LogP contribution in [0.4, 0.5) is 10.8 Å². The molecule has 0 unspecified atom stereocenters. The molecule has 0 bridgehead atoms. The van der Waals surface area contributed by atoms with Crippen LogP contribution in [0.15, 0.2) is 53.4 Å². The molecule has 0 aliphatic carbocycles. The zero-order valence-electron chi connectivity index (χ0n) is 13.3. The molecule has 0 saturated heterocycles. The van der Waals surface area contributed by atoms with Crippen LogP contribution in [0.25, 0.3) is 10.6 Å². The molecule has 138 valence electrons. The predicted octanol–water partition coefficient (Wildman–Crippen LogP) is 2.61. The molecule has 27 heavy (non-hydrogen) atoms. The summed E-state index contributed by atoms with van der Waals surface area (Å²) < 4.78 is 32.0. The second-order valence-corrected chi connectivity index (χ2v) is 7.48. The summed E-state index contributed by atoms with van der Waals surface area (Å²) in [4.78, 5) is 22.3. The Morgan fingerprint density at radius 3 is 2.48 bits per heavy atom. The number of benzene rings is 2. The second-order valence-electron chi connectivity index (χ2n) is 5.11. The van der Waals surface area contributed by atoms with E-state index in [2.05, 4.69) is 15.5 Å². The normalized spacial score (nSPS) is 11.1. The largest absolute Gasteiger partial charge is 0.296 e. The van der Waals surface area contributed by atoms with E-state index in [4.69, 9.17) is 0 Å². The minimum Gasteiger partial charge on any atom is -0.296 e. The molecule has 0 saturated carbocycles. The molecule has 0 radical (unpaired) electrons. The van der Waals surface area contributed by atoms with Gasteiger partial charge >= 0.3 is 0 Å². The summed E-state index contributed by atoms with van der Waals surface area (Å²) in [5.74, 6) is -0.825. The standard InChI is InChI=1S/C15H10N4O6S2/c20-13(10-6-2-4-8-12(10)27(23,24)25)16-15-18-17-14(26-15)9-5-1-3-7-11(9)19(21)22/h1-8H,(H,16,18,20)(H,23,24,25). The van der Waals surface area contributed by atoms with Crippen LogP contribution in [-0.2, 0) is 10.1 Å². The quantitative estimate of drug-likeness (QED) is 0.372. The summed E-state index contributed by atoms with van der Waals surface area (Å²) in [6.45, 7) is 0. The summed E-state index contributed by atoms with van der Waals surface area (Å²) in [6.07, 6.45) is 0. The first-order valence-corrected chi connectivity index (χ1v) is 9.48. The molecule has 12 heteroatoms. The van der Waals surface area contributed by atoms with Gasteiger partial charge in [0.2, 0.25) is 5.13 Å². The molecule has 2 N–H and O–H groups in total. The fourth-order valence-electron chi connectivity index (χ4n) is 2.24. The smallest absolute Gasteiger partial charge is 0.295 e. The summed E-state index contributed by atoms with van der Waals surface area (Å²) in [5.41, 5.74) is -0.204. The number of carbonyl (C=O) groups is 1. The lowest BCUT2D eigenvalue weighted by Gasteiger charge is -2.05. The van der Waals surface area contributed by atoms with Gasteiger partial charge in [0.1, 0.15) is 4.90 Å². The Bertz CT molecular complexity index is 1140. The first-order valence-electron chi connectivity index (χ1n) is 7.22. The van der Waals surface area contributed by atoms with E-state index >= 15 is 0 Å². The number of rotatable bonds is 5. The summed E-state index contributed by atoms with van der Waals surface area (Å²) in [7, 11) is -4.59. The maximum absolute atomic E-state index is 12.3. The molecule has 1 amide bonds. The van der Waals surface area contributed by atoms with Crippen molar-refractivity contribution < 1.29 is 22.7 Å². The SMILES string of the molecule is O=C(Nc1nnc(-c2ccccc2[N+](=O)[O-])s1)c1ccccc1S(=O)(=O)O. The van der Waals surface area contributed by atoms with E-state index < -0.39 is 25.8 Å². The number of hydrogen-bond acceptors (Lipinski definition) is 8. The maximum Gasteiger partial charge on any atom is 0.295 e. The number of nitrogens with zero attached hydrogens (tertiary/aromatic N) is 3. The Hall–Kier alpha value is -3.22. The van der Waals surface area contributed by atoms with Gasteiger partial charge in [0.15, 0.2) is 5.01 Å². The molecule has 0 aliphatic heterocycles. The van der Waals surface area contributed by atoms with Gasteiger partial charge in [-0.15, -0.1) is 10.2 Å². The van der Waals surface area contributed by atoms with Crippen molar-refractivity contribution in [2.45, 2.75) is 4.90 Å². The molecule has 0 aliphatic rings. The van der Waals surface area contributed by atoms with Crippen molar-refractivity contribution in [3.8, 4) is 10.6 Å². The number of nitro groups is 1. The first kappa shape index (κ1) is 18.6. The molecule has 0 fully saturated rings. The molecule has 3 aromatic rings. The van der Waals surface area contributed by atoms with Gasteiger partial charge in [-0.25, -0.2) is 0 Å². The van der Waals surface area contributed by atoms with E-state index in [0.717, 1.165) is 17.4 Å². The molecule has 2 aromatic carbocycles. The minimum atomic E-state index is -4.59. The van der Waals surface area contributed by atoms with Crippen molar-refractivity contribution in [1.82, 2.24) is 10.2 Å². The number of hydrogen-bond donors (Lipinski definition) is 2. The van der Waals surface area contributed by atoms with Crippen LogP contribution < -0.4 is 5.32 Å². The summed E-state index contributed by atoms with van der Waals surface area (Å²) in [6, 6.07) is 11.0. The van der Waals surface area contributed by atoms with Gasteiger partial charge in [-0.3, -0.25) is 24.8 Å². The fraction of sp³-hybridized carbons (Fsp3) is 0. The number of anilines is 1. The molecular weight excluding hydrogens is 396 g/mol. The Labute approximate surface area is 156 Å². The topological polar surface area (TPSA) is 152 Å². The Morgan fingerprint density at radius 2 is 1.78 bits per heavy atom. The number of nitrogens with one attached hydrogen (secondary N) is 1. The van der Waals surface area contributed by atoms with Crippen molar-refractivity contribution in [3.63, 3.8) is 0 Å². The number of nitro benzene ring substituents is 1. The van der Waals surface area contributed by atoms with E-state index in [1.165, 1.54) is 36.4 Å². The van der Waals surface area contributed by atoms with E-state index in [0.29, 0.717) is 0 Å². The lowest BCUT2D eigenvalue weighted by molar-refractivity contribution is -0.384. The van der Waals surface area contributed by atoms with Crippen LogP contribution in [0.3, 0.4) is 0 Å². The van der Waals surface area contributed by atoms with Gasteiger partial charge in [-0.05, 0) is 18.2 Å². The maximum atomic E-state index is 12.3. The van der Waals surface area contributed by atoms with Crippen LogP contribution in [-0.4, -0.2) is 34.0 Å². The van der Waals surface area contributed by atoms with Crippen molar-refractivity contribution in [3.05, 3.63) is 64.2 Å². The van der Waals surface area contributed by atoms with E-state index in [1.807, 2.05) is 0 Å².